The molecular formula is C5H6N2O3. The lowest BCUT2D eigenvalue weighted by Crippen LogP contribution is -2.12. The lowest BCUT2D eigenvalue weighted by atomic mass is 10.3. The van der Waals surface area contributed by atoms with Crippen molar-refractivity contribution in [1.82, 2.24) is 5.16 Å². The summed E-state index contributed by atoms with van der Waals surface area (Å²) < 4.78 is 4.45. The molecule has 0 saturated carbocycles. The zero-order valence-electron chi connectivity index (χ0n) is 5.09. The van der Waals surface area contributed by atoms with Crippen LogP contribution >= 0.6 is 0 Å². The van der Waals surface area contributed by atoms with Crippen LogP contribution in [-0.2, 0) is 0 Å². The molecule has 54 valence electrons. The maximum Gasteiger partial charge on any atom is 0.280 e. The van der Waals surface area contributed by atoms with Crippen LogP contribution in [0.3, 0.4) is 0 Å². The summed E-state index contributed by atoms with van der Waals surface area (Å²) in [5.41, 5.74) is 4.55. The van der Waals surface area contributed by atoms with Crippen molar-refractivity contribution >= 4 is 5.78 Å². The first-order valence-corrected chi connectivity index (χ1v) is 2.66. The van der Waals surface area contributed by atoms with Crippen LogP contribution in [0, 0.1) is 0 Å². The van der Waals surface area contributed by atoms with Gasteiger partial charge < -0.3 is 10.3 Å². The molecule has 0 bridgehead atoms. The van der Waals surface area contributed by atoms with Gasteiger partial charge in [-0.1, -0.05) is 0 Å². The average molecular weight is 142 g/mol. The Kier molecular flexibility index (Phi) is 1.68. The van der Waals surface area contributed by atoms with Crippen molar-refractivity contribution in [3.8, 4) is 0 Å². The van der Waals surface area contributed by atoms with Gasteiger partial charge in [0, 0.05) is 0 Å². The predicted molar refractivity (Wildman–Crippen MR) is 32.7 cm³/mol. The van der Waals surface area contributed by atoms with E-state index in [1.807, 2.05) is 5.16 Å². The van der Waals surface area contributed by atoms with Gasteiger partial charge in [-0.2, -0.15) is 5.16 Å². The molecule has 0 unspecified atom stereocenters. The Morgan fingerprint density at radius 1 is 1.80 bits per heavy atom. The zero-order valence-corrected chi connectivity index (χ0v) is 5.09. The minimum absolute atomic E-state index is 0.0208. The molecule has 5 nitrogen and oxygen atoms in total. The molecule has 0 fully saturated rings. The van der Waals surface area contributed by atoms with Crippen molar-refractivity contribution in [2.75, 3.05) is 6.54 Å². The summed E-state index contributed by atoms with van der Waals surface area (Å²) in [7, 11) is 0. The second-order valence-corrected chi connectivity index (χ2v) is 1.70. The second-order valence-electron chi connectivity index (χ2n) is 1.70. The number of aromatic nitrogens is 1. The summed E-state index contributed by atoms with van der Waals surface area (Å²) in [5, 5.41) is 1.98. The summed E-state index contributed by atoms with van der Waals surface area (Å²) >= 11 is 0. The van der Waals surface area contributed by atoms with E-state index in [4.69, 9.17) is 5.73 Å². The Morgan fingerprint density at radius 2 is 2.50 bits per heavy atom. The molecule has 0 saturated heterocycles. The highest BCUT2D eigenvalue weighted by molar-refractivity contribution is 5.94. The summed E-state index contributed by atoms with van der Waals surface area (Å²) in [6, 6.07) is 1.06. The van der Waals surface area contributed by atoms with Crippen LogP contribution in [0.2, 0.25) is 0 Å². The highest BCUT2D eigenvalue weighted by Gasteiger charge is 2.07. The Bertz CT molecular complexity index is 285. The topological polar surface area (TPSA) is 89.1 Å². The number of hydrogen-bond acceptors (Lipinski definition) is 4. The van der Waals surface area contributed by atoms with Crippen molar-refractivity contribution in [3.05, 3.63) is 22.2 Å². The second kappa shape index (κ2) is 2.49. The van der Waals surface area contributed by atoms with Gasteiger partial charge in [0.25, 0.3) is 5.56 Å². The van der Waals surface area contributed by atoms with Crippen molar-refractivity contribution in [3.63, 3.8) is 0 Å². The van der Waals surface area contributed by atoms with Crippen LogP contribution in [0.15, 0.2) is 15.4 Å². The molecule has 0 atom stereocenters. The molecule has 0 aliphatic rings. The molecule has 0 aliphatic carbocycles. The van der Waals surface area contributed by atoms with Crippen LogP contribution < -0.4 is 11.3 Å². The van der Waals surface area contributed by atoms with Gasteiger partial charge in [0.15, 0.2) is 0 Å². The molecule has 1 rings (SSSR count). The minimum Gasteiger partial charge on any atom is -0.375 e. The van der Waals surface area contributed by atoms with Crippen molar-refractivity contribution in [1.29, 1.82) is 0 Å². The summed E-state index contributed by atoms with van der Waals surface area (Å²) in [6.45, 7) is -0.152. The number of aromatic amines is 1. The predicted octanol–water partition coefficient (Wildman–Crippen LogP) is -0.891. The molecule has 1 aromatic rings. The summed E-state index contributed by atoms with van der Waals surface area (Å²) in [4.78, 5) is 21.0. The highest BCUT2D eigenvalue weighted by Crippen LogP contribution is 1.91. The van der Waals surface area contributed by atoms with E-state index in [9.17, 15) is 9.59 Å². The lowest BCUT2D eigenvalue weighted by molar-refractivity contribution is 0.0966. The van der Waals surface area contributed by atoms with E-state index >= 15 is 0 Å². The number of hydrogen-bond donors (Lipinski definition) is 2. The van der Waals surface area contributed by atoms with Gasteiger partial charge in [0.05, 0.1) is 12.6 Å². The number of carbonyl (C=O) groups excluding carboxylic acids is 1. The number of nitrogens with one attached hydrogen (secondary N) is 1. The van der Waals surface area contributed by atoms with Crippen LogP contribution in [-0.4, -0.2) is 17.5 Å². The maximum atomic E-state index is 10.6. The molecule has 0 radical (unpaired) electrons. The van der Waals surface area contributed by atoms with E-state index < -0.39 is 11.3 Å². The van der Waals surface area contributed by atoms with Gasteiger partial charge in [-0.3, -0.25) is 9.59 Å². The quantitative estimate of drug-likeness (QED) is 0.524. The molecule has 10 heavy (non-hydrogen) atoms. The minimum atomic E-state index is -0.434. The zero-order chi connectivity index (χ0) is 7.56. The fraction of sp³-hybridized carbons (Fsp3) is 0.200. The first-order valence-electron chi connectivity index (χ1n) is 2.66. The fourth-order valence-electron chi connectivity index (χ4n) is 0.521. The maximum absolute atomic E-state index is 10.6. The molecule has 1 heterocycles. The van der Waals surface area contributed by atoms with Gasteiger partial charge in [-0.05, 0) is 0 Å². The molecule has 0 amide bonds. The van der Waals surface area contributed by atoms with E-state index in [-0.39, 0.29) is 12.3 Å². The number of H-pyrrole nitrogens is 1. The Morgan fingerprint density at radius 3 is 2.90 bits per heavy atom. The van der Waals surface area contributed by atoms with Crippen molar-refractivity contribution in [2.24, 2.45) is 5.73 Å². The van der Waals surface area contributed by atoms with E-state index in [2.05, 4.69) is 4.52 Å². The van der Waals surface area contributed by atoms with Gasteiger partial charge in [-0.25, -0.2) is 0 Å². The SMILES string of the molecule is NCC(=O)c1cc(=O)[nH]o1. The number of ketones is 1. The number of nitrogens with two attached hydrogens (primary N) is 1. The van der Waals surface area contributed by atoms with Crippen molar-refractivity contribution < 1.29 is 9.32 Å². The smallest absolute Gasteiger partial charge is 0.280 e. The lowest BCUT2D eigenvalue weighted by Gasteiger charge is -1.84. The number of carbonyl (C=O) groups is 1. The third-order valence-corrected chi connectivity index (χ3v) is 0.984. The molecule has 0 aliphatic heterocycles. The number of rotatable bonds is 2. The molecule has 1 aromatic heterocycles. The first kappa shape index (κ1) is 6.76. The molecule has 3 N–H and O–H groups in total. The van der Waals surface area contributed by atoms with Gasteiger partial charge >= 0.3 is 0 Å². The molecule has 0 spiro atoms. The Hall–Kier alpha value is -1.36. The highest BCUT2D eigenvalue weighted by atomic mass is 16.5. The first-order chi connectivity index (χ1) is 4.74. The molecular weight excluding hydrogens is 136 g/mol. The third kappa shape index (κ3) is 1.14. The summed E-state index contributed by atoms with van der Waals surface area (Å²) in [5.74, 6) is -0.411. The van der Waals surface area contributed by atoms with Crippen molar-refractivity contribution in [2.45, 2.75) is 0 Å². The average Bonchev–Trinajstić information content (AvgIpc) is 2.34. The van der Waals surface area contributed by atoms with E-state index in [1.54, 1.807) is 0 Å². The molecule has 5 heteroatoms. The normalized spacial score (nSPS) is 9.70. The Balaban J connectivity index is 2.95. The number of Topliss-reactive ketones (excluding diaryl/α,β-unsaturated/α-hetero) is 1. The standard InChI is InChI=1S/C5H6N2O3/c6-2-3(8)4-1-5(9)7-10-4/h1H,2,6H2,(H,7,9). The van der Waals surface area contributed by atoms with Gasteiger partial charge in [-0.15, -0.1) is 0 Å². The van der Waals surface area contributed by atoms with Gasteiger partial charge in [0.2, 0.25) is 11.5 Å². The fourth-order valence-corrected chi connectivity index (χ4v) is 0.521. The van der Waals surface area contributed by atoms with E-state index in [0.717, 1.165) is 6.07 Å². The van der Waals surface area contributed by atoms with Crippen LogP contribution in [0.25, 0.3) is 0 Å². The van der Waals surface area contributed by atoms with E-state index in [1.165, 1.54) is 0 Å². The van der Waals surface area contributed by atoms with Crippen LogP contribution in [0.5, 0.6) is 0 Å². The third-order valence-electron chi connectivity index (χ3n) is 0.984. The largest absolute Gasteiger partial charge is 0.375 e. The van der Waals surface area contributed by atoms with Gasteiger partial charge in [0.1, 0.15) is 0 Å². The van der Waals surface area contributed by atoms with Crippen LogP contribution in [0.1, 0.15) is 10.6 Å². The monoisotopic (exact) mass is 142 g/mol. The van der Waals surface area contributed by atoms with Crippen LogP contribution in [0.4, 0.5) is 0 Å². The Labute approximate surface area is 55.8 Å². The summed E-state index contributed by atoms with van der Waals surface area (Å²) in [6.07, 6.45) is 0. The van der Waals surface area contributed by atoms with E-state index in [0.29, 0.717) is 0 Å². The molecule has 0 aromatic carbocycles.